The maximum absolute atomic E-state index is 12.7. The Kier molecular flexibility index (Phi) is 5.26. The molecule has 12 heteroatoms. The van der Waals surface area contributed by atoms with Crippen LogP contribution >= 0.6 is 0 Å². The van der Waals surface area contributed by atoms with Crippen LogP contribution in [0.15, 0.2) is 29.2 Å². The van der Waals surface area contributed by atoms with Crippen molar-refractivity contribution in [3.8, 4) is 0 Å². The van der Waals surface area contributed by atoms with E-state index in [2.05, 4.69) is 0 Å². The number of aryl methyl sites for hydroxylation is 1. The standard InChI is InChI=1S/C12H12F6N2O3S/c1-7-3-5-8(6-4-7)24(22,23)20-19-9(21)10(2,11(13,14)15)12(16,17)18/h3-6,20H,1-2H3,(H,19,21). The summed E-state index contributed by atoms with van der Waals surface area (Å²) >= 11 is 0. The van der Waals surface area contributed by atoms with E-state index in [0.717, 1.165) is 17.6 Å². The normalized spacial score (nSPS) is 13.7. The number of halogens is 6. The number of amides is 1. The second-order valence-electron chi connectivity index (χ2n) is 4.99. The molecule has 0 aliphatic rings. The zero-order valence-electron chi connectivity index (χ0n) is 12.2. The van der Waals surface area contributed by atoms with Crippen molar-refractivity contribution < 1.29 is 39.6 Å². The highest BCUT2D eigenvalue weighted by atomic mass is 32.2. The first-order chi connectivity index (χ1) is 10.6. The molecule has 5 nitrogen and oxygen atoms in total. The summed E-state index contributed by atoms with van der Waals surface area (Å²) in [6.45, 7) is 1.24. The van der Waals surface area contributed by atoms with Crippen molar-refractivity contribution >= 4 is 15.9 Å². The first-order valence-electron chi connectivity index (χ1n) is 6.15. The predicted molar refractivity (Wildman–Crippen MR) is 69.9 cm³/mol. The Morgan fingerprint density at radius 3 is 1.75 bits per heavy atom. The molecule has 24 heavy (non-hydrogen) atoms. The molecule has 0 heterocycles. The summed E-state index contributed by atoms with van der Waals surface area (Å²) in [6, 6.07) is 4.84. The molecule has 1 rings (SSSR count). The van der Waals surface area contributed by atoms with Gasteiger partial charge in [0, 0.05) is 0 Å². The minimum Gasteiger partial charge on any atom is -0.277 e. The number of rotatable bonds is 4. The van der Waals surface area contributed by atoms with E-state index in [1.54, 1.807) is 6.92 Å². The lowest BCUT2D eigenvalue weighted by Gasteiger charge is -2.32. The van der Waals surface area contributed by atoms with Crippen LogP contribution in [0.25, 0.3) is 0 Å². The van der Waals surface area contributed by atoms with Gasteiger partial charge in [0.15, 0.2) is 0 Å². The van der Waals surface area contributed by atoms with Crippen molar-refractivity contribution in [1.82, 2.24) is 10.3 Å². The van der Waals surface area contributed by atoms with Crippen LogP contribution < -0.4 is 10.3 Å². The van der Waals surface area contributed by atoms with Crippen LogP contribution in [0.5, 0.6) is 0 Å². The molecular formula is C12H12F6N2O3S. The van der Waals surface area contributed by atoms with E-state index < -0.39 is 38.6 Å². The third-order valence-electron chi connectivity index (χ3n) is 3.22. The van der Waals surface area contributed by atoms with E-state index in [1.807, 2.05) is 0 Å². The summed E-state index contributed by atoms with van der Waals surface area (Å²) in [4.78, 5) is 12.2. The van der Waals surface area contributed by atoms with E-state index in [0.29, 0.717) is 5.56 Å². The largest absolute Gasteiger partial charge is 0.411 e. The smallest absolute Gasteiger partial charge is 0.277 e. The fourth-order valence-electron chi connectivity index (χ4n) is 1.43. The van der Waals surface area contributed by atoms with Crippen LogP contribution in [-0.4, -0.2) is 26.7 Å². The highest BCUT2D eigenvalue weighted by Crippen LogP contribution is 2.50. The number of benzene rings is 1. The molecule has 0 saturated carbocycles. The summed E-state index contributed by atoms with van der Waals surface area (Å²) in [7, 11) is -4.54. The Hall–Kier alpha value is -1.82. The molecule has 0 spiro atoms. The number of carbonyl (C=O) groups excluding carboxylic acids is 1. The minimum absolute atomic E-state index is 0.386. The lowest BCUT2D eigenvalue weighted by atomic mass is 9.88. The predicted octanol–water partition coefficient (Wildman–Crippen LogP) is 2.44. The zero-order valence-corrected chi connectivity index (χ0v) is 13.0. The Morgan fingerprint density at radius 1 is 0.958 bits per heavy atom. The van der Waals surface area contributed by atoms with Gasteiger partial charge in [-0.1, -0.05) is 17.7 Å². The van der Waals surface area contributed by atoms with E-state index in [9.17, 15) is 39.6 Å². The highest BCUT2D eigenvalue weighted by molar-refractivity contribution is 7.89. The average molecular weight is 378 g/mol. The fraction of sp³-hybridized carbons (Fsp3) is 0.417. The summed E-state index contributed by atoms with van der Waals surface area (Å²) in [5.41, 5.74) is -3.14. The quantitative estimate of drug-likeness (QED) is 0.624. The summed E-state index contributed by atoms with van der Waals surface area (Å²) in [5, 5.41) is 0. The molecule has 0 aliphatic heterocycles. The van der Waals surface area contributed by atoms with Crippen LogP contribution in [0, 0.1) is 12.3 Å². The second-order valence-corrected chi connectivity index (χ2v) is 6.68. The van der Waals surface area contributed by atoms with Gasteiger partial charge in [-0.3, -0.25) is 10.2 Å². The number of sulfonamides is 1. The van der Waals surface area contributed by atoms with Crippen molar-refractivity contribution in [2.75, 3.05) is 0 Å². The Labute approximate surface area is 133 Å². The van der Waals surface area contributed by atoms with Crippen LogP contribution in [0.3, 0.4) is 0 Å². The maximum atomic E-state index is 12.7. The molecule has 0 unspecified atom stereocenters. The molecule has 0 radical (unpaired) electrons. The average Bonchev–Trinajstić information content (AvgIpc) is 2.42. The van der Waals surface area contributed by atoms with E-state index in [4.69, 9.17) is 0 Å². The number of alkyl halides is 6. The van der Waals surface area contributed by atoms with Gasteiger partial charge < -0.3 is 0 Å². The van der Waals surface area contributed by atoms with Crippen molar-refractivity contribution in [3.63, 3.8) is 0 Å². The topological polar surface area (TPSA) is 75.3 Å². The van der Waals surface area contributed by atoms with Crippen molar-refractivity contribution in [3.05, 3.63) is 29.8 Å². The number of hydrogen-bond donors (Lipinski definition) is 2. The molecule has 136 valence electrons. The van der Waals surface area contributed by atoms with Crippen molar-refractivity contribution in [2.24, 2.45) is 5.41 Å². The third kappa shape index (κ3) is 3.80. The van der Waals surface area contributed by atoms with Gasteiger partial charge in [-0.2, -0.15) is 26.3 Å². The van der Waals surface area contributed by atoms with Crippen LogP contribution in [0.4, 0.5) is 26.3 Å². The number of carbonyl (C=O) groups is 1. The van der Waals surface area contributed by atoms with Gasteiger partial charge in [-0.15, -0.1) is 4.83 Å². The highest BCUT2D eigenvalue weighted by Gasteiger charge is 2.72. The minimum atomic E-state index is -5.98. The van der Waals surface area contributed by atoms with Crippen LogP contribution in [-0.2, 0) is 14.8 Å². The molecule has 0 aromatic heterocycles. The lowest BCUT2D eigenvalue weighted by Crippen LogP contribution is -2.60. The molecular weight excluding hydrogens is 366 g/mol. The van der Waals surface area contributed by atoms with Gasteiger partial charge >= 0.3 is 12.4 Å². The summed E-state index contributed by atoms with van der Waals surface area (Å²) < 4.78 is 99.7. The Morgan fingerprint density at radius 2 is 1.38 bits per heavy atom. The lowest BCUT2D eigenvalue weighted by molar-refractivity contribution is -0.319. The molecule has 1 amide bonds. The van der Waals surface area contributed by atoms with Gasteiger partial charge in [0.2, 0.25) is 5.41 Å². The van der Waals surface area contributed by atoms with Crippen molar-refractivity contribution in [1.29, 1.82) is 0 Å². The first-order valence-corrected chi connectivity index (χ1v) is 7.63. The Balaban J connectivity index is 3.04. The van der Waals surface area contributed by atoms with Gasteiger partial charge in [0.25, 0.3) is 15.9 Å². The first kappa shape index (κ1) is 20.2. The van der Waals surface area contributed by atoms with Crippen LogP contribution in [0.1, 0.15) is 12.5 Å². The number of hydrazine groups is 1. The van der Waals surface area contributed by atoms with Gasteiger partial charge in [-0.05, 0) is 26.0 Å². The monoisotopic (exact) mass is 378 g/mol. The molecule has 0 aliphatic carbocycles. The molecule has 0 fully saturated rings. The molecule has 1 aromatic rings. The number of nitrogens with one attached hydrogen (secondary N) is 2. The fourth-order valence-corrected chi connectivity index (χ4v) is 2.27. The van der Waals surface area contributed by atoms with Gasteiger partial charge in [0.1, 0.15) is 0 Å². The van der Waals surface area contributed by atoms with Gasteiger partial charge in [-0.25, -0.2) is 8.42 Å². The maximum Gasteiger partial charge on any atom is 0.411 e. The zero-order chi connectivity index (χ0) is 19.0. The third-order valence-corrected chi connectivity index (χ3v) is 4.48. The molecule has 0 saturated heterocycles. The van der Waals surface area contributed by atoms with Crippen LogP contribution in [0.2, 0.25) is 0 Å². The van der Waals surface area contributed by atoms with Crippen molar-refractivity contribution in [2.45, 2.75) is 31.1 Å². The SMILES string of the molecule is Cc1ccc(S(=O)(=O)NNC(=O)C(C)(C(F)(F)F)C(F)(F)F)cc1. The molecule has 2 N–H and O–H groups in total. The second kappa shape index (κ2) is 6.24. The number of hydrogen-bond acceptors (Lipinski definition) is 3. The Bertz CT molecular complexity index is 696. The van der Waals surface area contributed by atoms with E-state index >= 15 is 0 Å². The molecule has 0 atom stereocenters. The van der Waals surface area contributed by atoms with Gasteiger partial charge in [0.05, 0.1) is 4.90 Å². The summed E-state index contributed by atoms with van der Waals surface area (Å²) in [5.74, 6) is -2.60. The molecule has 1 aromatic carbocycles. The summed E-state index contributed by atoms with van der Waals surface area (Å²) in [6.07, 6.45) is -12.0. The van der Waals surface area contributed by atoms with E-state index in [-0.39, 0.29) is 6.92 Å². The molecule has 0 bridgehead atoms. The van der Waals surface area contributed by atoms with E-state index in [1.165, 1.54) is 17.0 Å².